The van der Waals surface area contributed by atoms with E-state index < -0.39 is 5.97 Å². The van der Waals surface area contributed by atoms with Crippen molar-refractivity contribution in [1.29, 1.82) is 0 Å². The van der Waals surface area contributed by atoms with E-state index in [4.69, 9.17) is 16.3 Å². The normalized spacial score (nSPS) is 15.1. The Morgan fingerprint density at radius 2 is 1.87 bits per heavy atom. The summed E-state index contributed by atoms with van der Waals surface area (Å²) < 4.78 is 18.4. The monoisotopic (exact) mass is 467 g/mol. The van der Waals surface area contributed by atoms with Crippen LogP contribution in [0.5, 0.6) is 0 Å². The summed E-state index contributed by atoms with van der Waals surface area (Å²) in [6.45, 7) is 9.77. The molecule has 1 aromatic heterocycles. The van der Waals surface area contributed by atoms with E-state index >= 15 is 0 Å². The van der Waals surface area contributed by atoms with Gasteiger partial charge in [-0.3, -0.25) is 14.6 Å². The van der Waals surface area contributed by atoms with E-state index in [9.17, 15) is 14.0 Å². The van der Waals surface area contributed by atoms with E-state index in [0.717, 1.165) is 42.2 Å². The predicted octanol–water partition coefficient (Wildman–Crippen LogP) is 4.09. The van der Waals surface area contributed by atoms with Crippen LogP contribution in [-0.2, 0) is 16.1 Å². The number of anilines is 1. The number of nitrogens with zero attached hydrogens (tertiary/aromatic N) is 2. The third-order valence-corrected chi connectivity index (χ3v) is 6.83. The fraction of sp³-hybridized carbons (Fsp3) is 0.455. The number of rotatable bonds is 7. The molecule has 1 amide bonds. The highest BCUT2D eigenvalue weighted by molar-refractivity contribution is 7.16. The van der Waals surface area contributed by atoms with E-state index in [1.807, 2.05) is 13.8 Å². The van der Waals surface area contributed by atoms with Crippen LogP contribution in [0.3, 0.4) is 0 Å². The SMILES string of the molecule is CCOC(=O)c1c(NC(=O)CN2CCN(Cc3ccc(F)cc3Cl)CC2)sc(C)c1C. The average molecular weight is 468 g/mol. The number of aryl methyl sites for hydroxylation is 1. The number of thiophene rings is 1. The molecular formula is C22H27ClFN3O3S. The number of esters is 1. The summed E-state index contributed by atoms with van der Waals surface area (Å²) in [4.78, 5) is 30.2. The first-order valence-electron chi connectivity index (χ1n) is 10.2. The maximum absolute atomic E-state index is 13.2. The Balaban J connectivity index is 1.53. The molecule has 2 heterocycles. The van der Waals surface area contributed by atoms with Gasteiger partial charge in [0.05, 0.1) is 18.7 Å². The maximum Gasteiger partial charge on any atom is 0.341 e. The Labute approximate surface area is 190 Å². The second-order valence-electron chi connectivity index (χ2n) is 7.54. The molecule has 1 aliphatic rings. The highest BCUT2D eigenvalue weighted by Crippen LogP contribution is 2.33. The number of carbonyl (C=O) groups is 2. The summed E-state index contributed by atoms with van der Waals surface area (Å²) in [5.41, 5.74) is 2.18. The molecule has 0 radical (unpaired) electrons. The van der Waals surface area contributed by atoms with Crippen LogP contribution in [0.15, 0.2) is 18.2 Å². The number of nitrogens with one attached hydrogen (secondary N) is 1. The van der Waals surface area contributed by atoms with Crippen LogP contribution in [0, 0.1) is 19.7 Å². The van der Waals surface area contributed by atoms with E-state index in [-0.39, 0.29) is 24.9 Å². The van der Waals surface area contributed by atoms with E-state index in [1.54, 1.807) is 13.0 Å². The van der Waals surface area contributed by atoms with Gasteiger partial charge in [-0.05, 0) is 44.0 Å². The summed E-state index contributed by atoms with van der Waals surface area (Å²) in [7, 11) is 0. The van der Waals surface area contributed by atoms with E-state index in [0.29, 0.717) is 22.1 Å². The van der Waals surface area contributed by atoms with Gasteiger partial charge in [-0.2, -0.15) is 0 Å². The molecule has 31 heavy (non-hydrogen) atoms. The third kappa shape index (κ3) is 6.04. The lowest BCUT2D eigenvalue weighted by Gasteiger charge is -2.34. The van der Waals surface area contributed by atoms with Crippen LogP contribution in [0.2, 0.25) is 5.02 Å². The smallest absolute Gasteiger partial charge is 0.341 e. The number of carbonyl (C=O) groups excluding carboxylic acids is 2. The molecule has 1 saturated heterocycles. The molecule has 0 atom stereocenters. The minimum Gasteiger partial charge on any atom is -0.462 e. The molecular weight excluding hydrogens is 441 g/mol. The fourth-order valence-electron chi connectivity index (χ4n) is 3.53. The molecule has 0 aliphatic carbocycles. The van der Waals surface area contributed by atoms with Crippen molar-refractivity contribution in [1.82, 2.24) is 9.80 Å². The van der Waals surface area contributed by atoms with Gasteiger partial charge in [-0.15, -0.1) is 11.3 Å². The molecule has 168 valence electrons. The molecule has 0 spiro atoms. The second kappa shape index (κ2) is 10.5. The summed E-state index contributed by atoms with van der Waals surface area (Å²) in [6.07, 6.45) is 0. The van der Waals surface area contributed by atoms with Gasteiger partial charge < -0.3 is 10.1 Å². The van der Waals surface area contributed by atoms with Gasteiger partial charge in [-0.25, -0.2) is 9.18 Å². The molecule has 0 saturated carbocycles. The summed E-state index contributed by atoms with van der Waals surface area (Å²) in [5, 5.41) is 3.87. The van der Waals surface area contributed by atoms with Crippen molar-refractivity contribution < 1.29 is 18.7 Å². The molecule has 3 rings (SSSR count). The van der Waals surface area contributed by atoms with Gasteiger partial charge in [0.2, 0.25) is 5.91 Å². The van der Waals surface area contributed by atoms with Gasteiger partial charge in [0, 0.05) is 42.6 Å². The van der Waals surface area contributed by atoms with Crippen LogP contribution in [0.4, 0.5) is 9.39 Å². The van der Waals surface area contributed by atoms with E-state index in [1.165, 1.54) is 23.5 Å². The first kappa shape index (κ1) is 23.7. The Kier molecular flexibility index (Phi) is 8.05. The maximum atomic E-state index is 13.2. The average Bonchev–Trinajstić information content (AvgIpc) is 2.99. The minimum atomic E-state index is -0.410. The lowest BCUT2D eigenvalue weighted by molar-refractivity contribution is -0.117. The van der Waals surface area contributed by atoms with Gasteiger partial charge >= 0.3 is 5.97 Å². The van der Waals surface area contributed by atoms with Crippen molar-refractivity contribution in [3.05, 3.63) is 50.6 Å². The standard InChI is InChI=1S/C22H27ClFN3O3S/c1-4-30-22(29)20-14(2)15(3)31-21(20)25-19(28)13-27-9-7-26(8-10-27)12-16-5-6-17(24)11-18(16)23/h5-6,11H,4,7-10,12-13H2,1-3H3,(H,25,28). The second-order valence-corrected chi connectivity index (χ2v) is 9.18. The highest BCUT2D eigenvalue weighted by atomic mass is 35.5. The number of amides is 1. The largest absolute Gasteiger partial charge is 0.462 e. The van der Waals surface area contributed by atoms with Gasteiger partial charge in [0.25, 0.3) is 0 Å². The Morgan fingerprint density at radius 1 is 1.19 bits per heavy atom. The molecule has 6 nitrogen and oxygen atoms in total. The number of hydrogen-bond donors (Lipinski definition) is 1. The number of ether oxygens (including phenoxy) is 1. The molecule has 1 N–H and O–H groups in total. The Morgan fingerprint density at radius 3 is 2.52 bits per heavy atom. The zero-order valence-corrected chi connectivity index (χ0v) is 19.5. The number of benzene rings is 1. The quantitative estimate of drug-likeness (QED) is 0.621. The van der Waals surface area contributed by atoms with Gasteiger partial charge in [0.15, 0.2) is 0 Å². The first-order chi connectivity index (χ1) is 14.8. The lowest BCUT2D eigenvalue weighted by Crippen LogP contribution is -2.48. The minimum absolute atomic E-state index is 0.151. The van der Waals surface area contributed by atoms with Crippen molar-refractivity contribution in [2.45, 2.75) is 27.3 Å². The zero-order valence-electron chi connectivity index (χ0n) is 18.0. The van der Waals surface area contributed by atoms with Gasteiger partial charge in [0.1, 0.15) is 10.8 Å². The van der Waals surface area contributed by atoms with Crippen molar-refractivity contribution in [3.8, 4) is 0 Å². The molecule has 1 fully saturated rings. The van der Waals surface area contributed by atoms with Crippen molar-refractivity contribution in [3.63, 3.8) is 0 Å². The number of piperazine rings is 1. The van der Waals surface area contributed by atoms with Gasteiger partial charge in [-0.1, -0.05) is 17.7 Å². The molecule has 1 aromatic carbocycles. The number of hydrogen-bond acceptors (Lipinski definition) is 6. The molecule has 2 aromatic rings. The highest BCUT2D eigenvalue weighted by Gasteiger charge is 2.24. The van der Waals surface area contributed by atoms with Crippen LogP contribution < -0.4 is 5.32 Å². The van der Waals surface area contributed by atoms with E-state index in [2.05, 4.69) is 15.1 Å². The molecule has 1 aliphatic heterocycles. The predicted molar refractivity (Wildman–Crippen MR) is 122 cm³/mol. The lowest BCUT2D eigenvalue weighted by atomic mass is 10.1. The van der Waals surface area contributed by atoms with Crippen molar-refractivity contribution >= 4 is 39.8 Å². The van der Waals surface area contributed by atoms with Crippen LogP contribution >= 0.6 is 22.9 Å². The number of halogens is 2. The summed E-state index contributed by atoms with van der Waals surface area (Å²) in [6, 6.07) is 4.46. The zero-order chi connectivity index (χ0) is 22.5. The van der Waals surface area contributed by atoms with Crippen LogP contribution in [0.25, 0.3) is 0 Å². The molecule has 9 heteroatoms. The Hall–Kier alpha value is -2.00. The Bertz CT molecular complexity index is 958. The summed E-state index contributed by atoms with van der Waals surface area (Å²) >= 11 is 7.52. The molecule has 0 unspecified atom stereocenters. The first-order valence-corrected chi connectivity index (χ1v) is 11.4. The fourth-order valence-corrected chi connectivity index (χ4v) is 4.82. The van der Waals surface area contributed by atoms with Crippen LogP contribution in [0.1, 0.15) is 33.3 Å². The van der Waals surface area contributed by atoms with Crippen LogP contribution in [-0.4, -0.2) is 61.0 Å². The topological polar surface area (TPSA) is 61.9 Å². The third-order valence-electron chi connectivity index (χ3n) is 5.36. The van der Waals surface area contributed by atoms with Crippen molar-refractivity contribution in [2.75, 3.05) is 44.6 Å². The van der Waals surface area contributed by atoms with Crippen molar-refractivity contribution in [2.24, 2.45) is 0 Å². The summed E-state index contributed by atoms with van der Waals surface area (Å²) in [5.74, 6) is -0.902. The molecule has 0 bridgehead atoms.